The number of hydrogen-bond donors (Lipinski definition) is 3. The Kier molecular flexibility index (Phi) is 5.45. The fourth-order valence-electron chi connectivity index (χ4n) is 1.48. The Morgan fingerprint density at radius 3 is 2.78 bits per heavy atom. The number of anilines is 1. The summed E-state index contributed by atoms with van der Waals surface area (Å²) in [7, 11) is 1.58. The Labute approximate surface area is 107 Å². The molecule has 1 atom stereocenters. The fourth-order valence-corrected chi connectivity index (χ4v) is 1.48. The molecule has 0 saturated heterocycles. The van der Waals surface area contributed by atoms with Gasteiger partial charge in [0, 0.05) is 11.8 Å². The first-order valence-electron chi connectivity index (χ1n) is 5.93. The van der Waals surface area contributed by atoms with E-state index in [1.165, 1.54) is 0 Å². The first-order chi connectivity index (χ1) is 8.60. The molecule has 0 bridgehead atoms. The zero-order valence-electron chi connectivity index (χ0n) is 11.0. The van der Waals surface area contributed by atoms with E-state index in [9.17, 15) is 4.79 Å². The van der Waals surface area contributed by atoms with Crippen molar-refractivity contribution in [3.8, 4) is 5.75 Å². The van der Waals surface area contributed by atoms with E-state index in [1.807, 2.05) is 26.0 Å². The first-order valence-corrected chi connectivity index (χ1v) is 5.93. The average molecular weight is 252 g/mol. The van der Waals surface area contributed by atoms with Gasteiger partial charge in [-0.05, 0) is 25.0 Å². The van der Waals surface area contributed by atoms with Crippen LogP contribution in [0.15, 0.2) is 18.2 Å². The Balaban J connectivity index is 2.69. The molecule has 18 heavy (non-hydrogen) atoms. The molecular weight excluding hydrogens is 232 g/mol. The number of aliphatic hydroxyl groups excluding tert-OH is 1. The summed E-state index contributed by atoms with van der Waals surface area (Å²) in [4.78, 5) is 11.7. The van der Waals surface area contributed by atoms with Gasteiger partial charge in [0.05, 0.1) is 19.8 Å². The quantitative estimate of drug-likeness (QED) is 0.749. The summed E-state index contributed by atoms with van der Waals surface area (Å²) in [5, 5.41) is 14.4. The van der Waals surface area contributed by atoms with Gasteiger partial charge in [-0.2, -0.15) is 0 Å². The van der Waals surface area contributed by atoms with E-state index in [0.29, 0.717) is 17.9 Å². The van der Waals surface area contributed by atoms with Crippen LogP contribution in [0.2, 0.25) is 0 Å². The number of carbonyl (C=O) groups excluding carboxylic acids is 1. The van der Waals surface area contributed by atoms with Crippen LogP contribution in [0, 0.1) is 6.92 Å². The van der Waals surface area contributed by atoms with Gasteiger partial charge in [0.2, 0.25) is 0 Å². The molecule has 0 heterocycles. The minimum absolute atomic E-state index is 0.0684. The molecule has 0 aliphatic rings. The highest BCUT2D eigenvalue weighted by atomic mass is 16.5. The predicted octanol–water partition coefficient (Wildman–Crippen LogP) is 1.90. The smallest absolute Gasteiger partial charge is 0.319 e. The van der Waals surface area contributed by atoms with Crippen molar-refractivity contribution in [2.45, 2.75) is 26.3 Å². The summed E-state index contributed by atoms with van der Waals surface area (Å²) in [6, 6.07) is 4.91. The van der Waals surface area contributed by atoms with E-state index in [2.05, 4.69) is 10.6 Å². The van der Waals surface area contributed by atoms with Crippen molar-refractivity contribution in [3.05, 3.63) is 23.8 Å². The van der Waals surface area contributed by atoms with E-state index >= 15 is 0 Å². The van der Waals surface area contributed by atoms with Crippen molar-refractivity contribution in [1.29, 1.82) is 0 Å². The summed E-state index contributed by atoms with van der Waals surface area (Å²) in [6.07, 6.45) is 0.682. The number of methoxy groups -OCH3 is 1. The number of carbonyl (C=O) groups is 1. The predicted molar refractivity (Wildman–Crippen MR) is 71.1 cm³/mol. The van der Waals surface area contributed by atoms with Crippen molar-refractivity contribution in [3.63, 3.8) is 0 Å². The zero-order chi connectivity index (χ0) is 13.5. The summed E-state index contributed by atoms with van der Waals surface area (Å²) < 4.78 is 5.10. The second kappa shape index (κ2) is 6.86. The third-order valence-electron chi connectivity index (χ3n) is 2.74. The Morgan fingerprint density at radius 2 is 2.22 bits per heavy atom. The van der Waals surface area contributed by atoms with Gasteiger partial charge in [0.1, 0.15) is 5.75 Å². The minimum atomic E-state index is -0.327. The molecule has 5 heteroatoms. The van der Waals surface area contributed by atoms with Gasteiger partial charge >= 0.3 is 6.03 Å². The molecule has 3 N–H and O–H groups in total. The maximum Gasteiger partial charge on any atom is 0.319 e. The molecule has 1 aromatic carbocycles. The van der Waals surface area contributed by atoms with E-state index in [4.69, 9.17) is 9.84 Å². The van der Waals surface area contributed by atoms with Crippen LogP contribution in [0.4, 0.5) is 10.5 Å². The largest absolute Gasteiger partial charge is 0.497 e. The van der Waals surface area contributed by atoms with E-state index in [0.717, 1.165) is 5.56 Å². The molecule has 1 rings (SSSR count). The van der Waals surface area contributed by atoms with Crippen LogP contribution in [0.25, 0.3) is 0 Å². The summed E-state index contributed by atoms with van der Waals surface area (Å²) in [5.41, 5.74) is 1.64. The SMILES string of the molecule is CCC(CO)NC(=O)Nc1cc(OC)ccc1C. The number of hydrogen-bond acceptors (Lipinski definition) is 3. The van der Waals surface area contributed by atoms with Crippen molar-refractivity contribution >= 4 is 11.7 Å². The van der Waals surface area contributed by atoms with E-state index < -0.39 is 0 Å². The molecule has 1 aromatic rings. The summed E-state index contributed by atoms with van der Waals surface area (Å²) in [5.74, 6) is 0.685. The van der Waals surface area contributed by atoms with Crippen molar-refractivity contribution < 1.29 is 14.6 Å². The maximum atomic E-state index is 11.7. The number of urea groups is 1. The lowest BCUT2D eigenvalue weighted by Gasteiger charge is -2.16. The molecule has 0 radical (unpaired) electrons. The Hall–Kier alpha value is -1.75. The van der Waals surface area contributed by atoms with E-state index in [-0.39, 0.29) is 18.7 Å². The number of nitrogens with one attached hydrogen (secondary N) is 2. The van der Waals surface area contributed by atoms with Gasteiger partial charge < -0.3 is 20.5 Å². The molecule has 100 valence electrons. The lowest BCUT2D eigenvalue weighted by molar-refractivity contribution is 0.222. The molecular formula is C13H20N2O3. The average Bonchev–Trinajstić information content (AvgIpc) is 2.38. The molecule has 0 aliphatic heterocycles. The van der Waals surface area contributed by atoms with Gasteiger partial charge in [0.25, 0.3) is 0 Å². The summed E-state index contributed by atoms with van der Waals surface area (Å²) >= 11 is 0. The number of ether oxygens (including phenoxy) is 1. The minimum Gasteiger partial charge on any atom is -0.497 e. The standard InChI is InChI=1S/C13H20N2O3/c1-4-10(8-16)14-13(17)15-12-7-11(18-3)6-5-9(12)2/h5-7,10,16H,4,8H2,1-3H3,(H2,14,15,17). The molecule has 0 spiro atoms. The van der Waals surface area contributed by atoms with Crippen molar-refractivity contribution in [1.82, 2.24) is 5.32 Å². The van der Waals surface area contributed by atoms with Crippen molar-refractivity contribution in [2.75, 3.05) is 19.0 Å². The number of aryl methyl sites for hydroxylation is 1. The third kappa shape index (κ3) is 3.92. The normalized spacial score (nSPS) is 11.8. The number of benzene rings is 1. The highest BCUT2D eigenvalue weighted by Gasteiger charge is 2.10. The van der Waals surface area contributed by atoms with Gasteiger partial charge in [0.15, 0.2) is 0 Å². The van der Waals surface area contributed by atoms with Crippen LogP contribution in [0.5, 0.6) is 5.75 Å². The summed E-state index contributed by atoms with van der Waals surface area (Å²) in [6.45, 7) is 3.73. The monoisotopic (exact) mass is 252 g/mol. The topological polar surface area (TPSA) is 70.6 Å². The molecule has 1 unspecified atom stereocenters. The lowest BCUT2D eigenvalue weighted by Crippen LogP contribution is -2.39. The third-order valence-corrected chi connectivity index (χ3v) is 2.74. The highest BCUT2D eigenvalue weighted by Crippen LogP contribution is 2.21. The maximum absolute atomic E-state index is 11.7. The van der Waals surface area contributed by atoms with Crippen LogP contribution < -0.4 is 15.4 Å². The highest BCUT2D eigenvalue weighted by molar-refractivity contribution is 5.90. The van der Waals surface area contributed by atoms with Crippen LogP contribution in [0.1, 0.15) is 18.9 Å². The van der Waals surface area contributed by atoms with Crippen LogP contribution in [-0.2, 0) is 0 Å². The first kappa shape index (κ1) is 14.3. The van der Waals surface area contributed by atoms with Gasteiger partial charge in [-0.25, -0.2) is 4.79 Å². The zero-order valence-corrected chi connectivity index (χ0v) is 11.0. The van der Waals surface area contributed by atoms with Crippen molar-refractivity contribution in [2.24, 2.45) is 0 Å². The van der Waals surface area contributed by atoms with Gasteiger partial charge in [-0.3, -0.25) is 0 Å². The Morgan fingerprint density at radius 1 is 1.50 bits per heavy atom. The molecule has 0 fully saturated rings. The van der Waals surface area contributed by atoms with Crippen LogP contribution in [-0.4, -0.2) is 30.9 Å². The molecule has 5 nitrogen and oxygen atoms in total. The number of rotatable bonds is 5. The van der Waals surface area contributed by atoms with E-state index in [1.54, 1.807) is 13.2 Å². The second-order valence-corrected chi connectivity index (χ2v) is 4.07. The molecule has 0 aromatic heterocycles. The van der Waals surface area contributed by atoms with Gasteiger partial charge in [-0.15, -0.1) is 0 Å². The van der Waals surface area contributed by atoms with Crippen LogP contribution >= 0.6 is 0 Å². The lowest BCUT2D eigenvalue weighted by atomic mass is 10.2. The van der Waals surface area contributed by atoms with Gasteiger partial charge in [-0.1, -0.05) is 13.0 Å². The molecule has 0 aliphatic carbocycles. The fraction of sp³-hybridized carbons (Fsp3) is 0.462. The number of amides is 2. The number of aliphatic hydroxyl groups is 1. The van der Waals surface area contributed by atoms with Crippen LogP contribution in [0.3, 0.4) is 0 Å². The molecule has 0 saturated carbocycles. The second-order valence-electron chi connectivity index (χ2n) is 4.07. The Bertz CT molecular complexity index is 403. The molecule has 2 amide bonds.